The van der Waals surface area contributed by atoms with Crippen molar-refractivity contribution >= 4 is 17.5 Å². The van der Waals surface area contributed by atoms with Crippen LogP contribution in [0.1, 0.15) is 12.8 Å². The first-order valence-electron chi connectivity index (χ1n) is 4.78. The van der Waals surface area contributed by atoms with Crippen molar-refractivity contribution in [2.24, 2.45) is 0 Å². The van der Waals surface area contributed by atoms with E-state index < -0.39 is 0 Å². The van der Waals surface area contributed by atoms with Crippen LogP contribution in [-0.2, 0) is 0 Å². The smallest absolute Gasteiger partial charge is 0.243 e. The molecule has 0 saturated carbocycles. The summed E-state index contributed by atoms with van der Waals surface area (Å²) in [6.07, 6.45) is 2.11. The van der Waals surface area contributed by atoms with E-state index in [9.17, 15) is 5.21 Å². The Balaban J connectivity index is 2.52. The first-order valence-corrected chi connectivity index (χ1v) is 4.78. The summed E-state index contributed by atoms with van der Waals surface area (Å²) in [5.41, 5.74) is 10.8. The fraction of sp³-hybridized carbons (Fsp3) is 0.500. The Morgan fingerprint density at radius 3 is 2.47 bits per heavy atom. The van der Waals surface area contributed by atoms with Gasteiger partial charge in [0.2, 0.25) is 5.95 Å². The second-order valence-corrected chi connectivity index (χ2v) is 3.57. The van der Waals surface area contributed by atoms with Crippen LogP contribution in [0, 0.1) is 5.41 Å². The summed E-state index contributed by atoms with van der Waals surface area (Å²) in [5.74, 6) is 0.386. The molecule has 0 radical (unpaired) electrons. The standard InChI is InChI=1S/C8H14N6O/c9-5-6(10)12-8(14(15)7(5)11)13-3-1-2-4-13/h11,15H,1-4,9-10H2. The van der Waals surface area contributed by atoms with Crippen LogP contribution in [0.3, 0.4) is 0 Å². The van der Waals surface area contributed by atoms with Gasteiger partial charge in [0.15, 0.2) is 11.3 Å². The molecule has 2 rings (SSSR count). The van der Waals surface area contributed by atoms with Crippen LogP contribution in [0.15, 0.2) is 0 Å². The highest BCUT2D eigenvalue weighted by atomic mass is 16.5. The largest absolute Gasteiger partial charge is 0.423 e. The molecule has 0 amide bonds. The van der Waals surface area contributed by atoms with Crippen LogP contribution in [0.25, 0.3) is 0 Å². The van der Waals surface area contributed by atoms with Crippen LogP contribution in [0.5, 0.6) is 0 Å². The number of aromatic nitrogens is 2. The number of nitrogens with one attached hydrogen (secondary N) is 1. The third-order valence-electron chi connectivity index (χ3n) is 2.54. The molecule has 1 aromatic heterocycles. The third kappa shape index (κ3) is 1.45. The van der Waals surface area contributed by atoms with E-state index in [0.717, 1.165) is 25.9 Å². The second-order valence-electron chi connectivity index (χ2n) is 3.57. The molecule has 1 aromatic rings. The summed E-state index contributed by atoms with van der Waals surface area (Å²) in [7, 11) is 0. The molecule has 1 saturated heterocycles. The van der Waals surface area contributed by atoms with E-state index in [1.54, 1.807) is 0 Å². The van der Waals surface area contributed by atoms with Gasteiger partial charge in [0, 0.05) is 13.1 Å². The van der Waals surface area contributed by atoms with Crippen molar-refractivity contribution in [1.82, 2.24) is 9.71 Å². The molecule has 1 aliphatic heterocycles. The Morgan fingerprint density at radius 2 is 1.87 bits per heavy atom. The summed E-state index contributed by atoms with van der Waals surface area (Å²) in [5, 5.41) is 17.2. The molecule has 7 heteroatoms. The molecule has 15 heavy (non-hydrogen) atoms. The summed E-state index contributed by atoms with van der Waals surface area (Å²) < 4.78 is 0.678. The van der Waals surface area contributed by atoms with Gasteiger partial charge in [0.25, 0.3) is 0 Å². The van der Waals surface area contributed by atoms with Gasteiger partial charge in [0.1, 0.15) is 5.69 Å². The number of hydrogen-bond donors (Lipinski definition) is 4. The first kappa shape index (κ1) is 9.63. The van der Waals surface area contributed by atoms with E-state index >= 15 is 0 Å². The van der Waals surface area contributed by atoms with Crippen LogP contribution in [0.4, 0.5) is 17.5 Å². The predicted octanol–water partition coefficient (Wildman–Crippen LogP) is -0.636. The highest BCUT2D eigenvalue weighted by molar-refractivity contribution is 5.58. The average molecular weight is 210 g/mol. The van der Waals surface area contributed by atoms with E-state index in [4.69, 9.17) is 16.9 Å². The zero-order valence-electron chi connectivity index (χ0n) is 8.27. The Kier molecular flexibility index (Phi) is 2.14. The maximum Gasteiger partial charge on any atom is 0.243 e. The molecule has 1 fully saturated rings. The van der Waals surface area contributed by atoms with Crippen LogP contribution >= 0.6 is 0 Å². The quantitative estimate of drug-likeness (QED) is 0.460. The van der Waals surface area contributed by atoms with Gasteiger partial charge in [-0.1, -0.05) is 0 Å². The highest BCUT2D eigenvalue weighted by Crippen LogP contribution is 2.18. The lowest BCUT2D eigenvalue weighted by Crippen LogP contribution is -2.32. The van der Waals surface area contributed by atoms with E-state index in [1.165, 1.54) is 0 Å². The van der Waals surface area contributed by atoms with Crippen molar-refractivity contribution in [1.29, 1.82) is 5.41 Å². The Bertz CT molecular complexity index is 433. The molecular formula is C8H14N6O. The molecule has 0 aliphatic carbocycles. The molecule has 0 aromatic carbocycles. The van der Waals surface area contributed by atoms with Gasteiger partial charge in [-0.25, -0.2) is 0 Å². The van der Waals surface area contributed by atoms with Crippen LogP contribution < -0.4 is 21.9 Å². The molecule has 0 atom stereocenters. The predicted molar refractivity (Wildman–Crippen MR) is 55.5 cm³/mol. The zero-order valence-corrected chi connectivity index (χ0v) is 8.27. The minimum atomic E-state index is -0.218. The molecule has 0 unspecified atom stereocenters. The van der Waals surface area contributed by atoms with Gasteiger partial charge < -0.3 is 21.6 Å². The third-order valence-corrected chi connectivity index (χ3v) is 2.54. The van der Waals surface area contributed by atoms with Gasteiger partial charge in [-0.05, 0) is 12.8 Å². The van der Waals surface area contributed by atoms with Crippen molar-refractivity contribution in [3.63, 3.8) is 0 Å². The summed E-state index contributed by atoms with van der Waals surface area (Å²) in [4.78, 5) is 5.87. The first-order chi connectivity index (χ1) is 7.11. The van der Waals surface area contributed by atoms with Crippen molar-refractivity contribution in [2.45, 2.75) is 12.8 Å². The SMILES string of the molecule is N=c1c(N)c(N)nc(N2CCCC2)n1O. The minimum absolute atomic E-state index is 0.000414. The summed E-state index contributed by atoms with van der Waals surface area (Å²) in [6, 6.07) is 0. The topological polar surface area (TPSA) is 117 Å². The van der Waals surface area contributed by atoms with Crippen molar-refractivity contribution in [3.8, 4) is 0 Å². The van der Waals surface area contributed by atoms with E-state index in [-0.39, 0.29) is 17.0 Å². The second kappa shape index (κ2) is 3.34. The molecule has 6 N–H and O–H groups in total. The molecule has 7 nitrogen and oxygen atoms in total. The van der Waals surface area contributed by atoms with Crippen LogP contribution in [0.2, 0.25) is 0 Å². The van der Waals surface area contributed by atoms with Gasteiger partial charge in [-0.15, -0.1) is 4.73 Å². The maximum atomic E-state index is 9.65. The monoisotopic (exact) mass is 210 g/mol. The van der Waals surface area contributed by atoms with Gasteiger partial charge >= 0.3 is 0 Å². The zero-order chi connectivity index (χ0) is 11.0. The number of hydrogen-bond acceptors (Lipinski definition) is 6. The molecule has 0 spiro atoms. The lowest BCUT2D eigenvalue weighted by Gasteiger charge is -2.19. The average Bonchev–Trinajstić information content (AvgIpc) is 2.73. The lowest BCUT2D eigenvalue weighted by molar-refractivity contribution is 0.171. The van der Waals surface area contributed by atoms with Crippen LogP contribution in [-0.4, -0.2) is 28.0 Å². The highest BCUT2D eigenvalue weighted by Gasteiger charge is 2.19. The van der Waals surface area contributed by atoms with Gasteiger partial charge in [-0.2, -0.15) is 4.98 Å². The van der Waals surface area contributed by atoms with Gasteiger partial charge in [0.05, 0.1) is 0 Å². The fourth-order valence-corrected chi connectivity index (χ4v) is 1.67. The Morgan fingerprint density at radius 1 is 1.27 bits per heavy atom. The molecule has 82 valence electrons. The Labute approximate surface area is 86.4 Å². The fourth-order valence-electron chi connectivity index (χ4n) is 1.67. The van der Waals surface area contributed by atoms with E-state index in [1.807, 2.05) is 4.90 Å². The van der Waals surface area contributed by atoms with E-state index in [2.05, 4.69) is 4.98 Å². The Hall–Kier alpha value is -1.92. The maximum absolute atomic E-state index is 9.65. The minimum Gasteiger partial charge on any atom is -0.423 e. The number of nitrogen functional groups attached to an aromatic ring is 2. The van der Waals surface area contributed by atoms with Crippen molar-refractivity contribution < 1.29 is 5.21 Å². The van der Waals surface area contributed by atoms with Gasteiger partial charge in [-0.3, -0.25) is 5.41 Å². The lowest BCUT2D eigenvalue weighted by atomic mass is 10.4. The number of anilines is 3. The number of nitrogens with zero attached hydrogens (tertiary/aromatic N) is 3. The molecule has 1 aliphatic rings. The number of nitrogens with two attached hydrogens (primary N) is 2. The van der Waals surface area contributed by atoms with Crippen molar-refractivity contribution in [2.75, 3.05) is 29.5 Å². The number of rotatable bonds is 1. The summed E-state index contributed by atoms with van der Waals surface area (Å²) >= 11 is 0. The normalized spacial score (nSPS) is 15.9. The molecular weight excluding hydrogens is 196 g/mol. The van der Waals surface area contributed by atoms with E-state index in [0.29, 0.717) is 10.7 Å². The summed E-state index contributed by atoms with van der Waals surface area (Å²) in [6.45, 7) is 1.63. The van der Waals surface area contributed by atoms with Crippen molar-refractivity contribution in [3.05, 3.63) is 5.49 Å². The molecule has 0 bridgehead atoms. The molecule has 2 heterocycles.